The van der Waals surface area contributed by atoms with E-state index in [1.54, 1.807) is 6.21 Å². The Morgan fingerprint density at radius 1 is 1.43 bits per heavy atom. The molecule has 2 rings (SSSR count). The molecule has 1 aliphatic heterocycles. The molecule has 0 unspecified atom stereocenters. The summed E-state index contributed by atoms with van der Waals surface area (Å²) in [7, 11) is 0. The molecule has 6 nitrogen and oxygen atoms in total. The lowest BCUT2D eigenvalue weighted by Gasteiger charge is -2.32. The number of piperidine rings is 1. The molecule has 124 valence electrons. The van der Waals surface area contributed by atoms with Crippen LogP contribution in [0.3, 0.4) is 0 Å². The zero-order chi connectivity index (χ0) is 16.7. The number of nitrogens with zero attached hydrogens (tertiary/aromatic N) is 2. The number of nitrogens with one attached hydrogen (secondary N) is 1. The summed E-state index contributed by atoms with van der Waals surface area (Å²) in [6.07, 6.45) is 3.33. The summed E-state index contributed by atoms with van der Waals surface area (Å²) in [5, 5.41) is 4.06. The second-order valence-electron chi connectivity index (χ2n) is 5.34. The molecule has 1 aromatic carbocycles. The number of anilines is 1. The summed E-state index contributed by atoms with van der Waals surface area (Å²) in [4.78, 5) is 14.0. The van der Waals surface area contributed by atoms with Crippen LogP contribution in [0, 0.1) is 5.92 Å². The fourth-order valence-corrected chi connectivity index (χ4v) is 2.63. The van der Waals surface area contributed by atoms with Gasteiger partial charge in [0, 0.05) is 18.8 Å². The van der Waals surface area contributed by atoms with E-state index in [1.807, 2.05) is 31.2 Å². The lowest BCUT2D eigenvalue weighted by atomic mass is 9.96. The van der Waals surface area contributed by atoms with Gasteiger partial charge in [0.1, 0.15) is 0 Å². The molecule has 7 heteroatoms. The quantitative estimate of drug-likeness (QED) is 0.369. The van der Waals surface area contributed by atoms with Crippen LogP contribution in [-0.2, 0) is 9.53 Å². The monoisotopic (exact) mass is 334 g/mol. The second-order valence-corrected chi connectivity index (χ2v) is 5.78. The number of nitrogens with two attached hydrogens (primary N) is 1. The number of hydrazone groups is 1. The molecule has 0 aromatic heterocycles. The zero-order valence-corrected chi connectivity index (χ0v) is 14.0. The minimum atomic E-state index is -0.0657. The minimum Gasteiger partial charge on any atom is -0.466 e. The van der Waals surface area contributed by atoms with E-state index in [4.69, 9.17) is 10.5 Å². The fourth-order valence-electron chi connectivity index (χ4n) is 2.58. The molecule has 1 saturated heterocycles. The van der Waals surface area contributed by atoms with Gasteiger partial charge in [0.2, 0.25) is 0 Å². The van der Waals surface area contributed by atoms with Crippen molar-refractivity contribution in [2.75, 3.05) is 24.6 Å². The molecule has 0 spiro atoms. The number of carbonyl (C=O) groups excluding carboxylic acids is 1. The van der Waals surface area contributed by atoms with Gasteiger partial charge in [-0.3, -0.25) is 10.2 Å². The number of thiocarbonyl (C=S) groups is 1. The number of hydrogen-bond acceptors (Lipinski definition) is 5. The number of hydrogen-bond donors (Lipinski definition) is 2. The van der Waals surface area contributed by atoms with Gasteiger partial charge < -0.3 is 15.4 Å². The molecule has 0 radical (unpaired) electrons. The summed E-state index contributed by atoms with van der Waals surface area (Å²) in [6, 6.07) is 8.06. The van der Waals surface area contributed by atoms with Crippen LogP contribution in [0.1, 0.15) is 25.3 Å². The van der Waals surface area contributed by atoms with E-state index in [0.29, 0.717) is 6.61 Å². The molecule has 1 aromatic rings. The largest absolute Gasteiger partial charge is 0.466 e. The molecule has 3 N–H and O–H groups in total. The summed E-state index contributed by atoms with van der Waals surface area (Å²) in [5.41, 5.74) is 9.92. The zero-order valence-electron chi connectivity index (χ0n) is 13.2. The highest BCUT2D eigenvalue weighted by Crippen LogP contribution is 2.24. The maximum absolute atomic E-state index is 11.8. The molecule has 1 fully saturated rings. The minimum absolute atomic E-state index is 0.0313. The maximum atomic E-state index is 11.8. The van der Waals surface area contributed by atoms with Crippen LogP contribution < -0.4 is 16.1 Å². The Morgan fingerprint density at radius 3 is 2.65 bits per heavy atom. The molecule has 1 heterocycles. The van der Waals surface area contributed by atoms with Crippen LogP contribution in [0.4, 0.5) is 5.69 Å². The van der Waals surface area contributed by atoms with Crippen molar-refractivity contribution >= 4 is 35.2 Å². The second kappa shape index (κ2) is 8.47. The van der Waals surface area contributed by atoms with Crippen LogP contribution in [0.2, 0.25) is 0 Å². The van der Waals surface area contributed by atoms with Crippen LogP contribution in [-0.4, -0.2) is 37.0 Å². The molecule has 0 amide bonds. The number of carbonyl (C=O) groups is 1. The first-order valence-electron chi connectivity index (χ1n) is 7.70. The van der Waals surface area contributed by atoms with Crippen molar-refractivity contribution < 1.29 is 9.53 Å². The first-order valence-corrected chi connectivity index (χ1v) is 8.11. The average Bonchev–Trinajstić information content (AvgIpc) is 2.55. The molecule has 23 heavy (non-hydrogen) atoms. The van der Waals surface area contributed by atoms with Gasteiger partial charge in [0.25, 0.3) is 0 Å². The van der Waals surface area contributed by atoms with Crippen molar-refractivity contribution in [3.63, 3.8) is 0 Å². The number of benzene rings is 1. The predicted octanol–water partition coefficient (Wildman–Crippen LogP) is 1.63. The van der Waals surface area contributed by atoms with E-state index in [2.05, 4.69) is 27.6 Å². The molecule has 0 aliphatic carbocycles. The predicted molar refractivity (Wildman–Crippen MR) is 95.5 cm³/mol. The van der Waals surface area contributed by atoms with Crippen molar-refractivity contribution in [1.82, 2.24) is 5.43 Å². The van der Waals surface area contributed by atoms with Crippen molar-refractivity contribution in [2.24, 2.45) is 16.8 Å². The molecule has 0 bridgehead atoms. The summed E-state index contributed by atoms with van der Waals surface area (Å²) in [6.45, 7) is 4.01. The molecular weight excluding hydrogens is 312 g/mol. The highest BCUT2D eigenvalue weighted by atomic mass is 32.1. The van der Waals surface area contributed by atoms with Crippen LogP contribution >= 0.6 is 12.2 Å². The van der Waals surface area contributed by atoms with Gasteiger partial charge in [-0.15, -0.1) is 0 Å². The Labute approximate surface area is 141 Å². The Morgan fingerprint density at radius 2 is 2.09 bits per heavy atom. The average molecular weight is 334 g/mol. The van der Waals surface area contributed by atoms with Gasteiger partial charge in [-0.2, -0.15) is 5.10 Å². The highest BCUT2D eigenvalue weighted by molar-refractivity contribution is 7.80. The van der Waals surface area contributed by atoms with Crippen LogP contribution in [0.5, 0.6) is 0 Å². The van der Waals surface area contributed by atoms with E-state index < -0.39 is 0 Å². The van der Waals surface area contributed by atoms with E-state index in [9.17, 15) is 4.79 Å². The van der Waals surface area contributed by atoms with E-state index >= 15 is 0 Å². The smallest absolute Gasteiger partial charge is 0.309 e. The van der Waals surface area contributed by atoms with Crippen LogP contribution in [0.15, 0.2) is 29.4 Å². The van der Waals surface area contributed by atoms with Gasteiger partial charge in [-0.05, 0) is 49.7 Å². The molecule has 1 aliphatic rings. The Bertz CT molecular complexity index is 566. The molecule has 0 saturated carbocycles. The topological polar surface area (TPSA) is 80.0 Å². The van der Waals surface area contributed by atoms with Gasteiger partial charge in [0.15, 0.2) is 5.11 Å². The lowest BCUT2D eigenvalue weighted by Crippen LogP contribution is -2.36. The van der Waals surface area contributed by atoms with Crippen molar-refractivity contribution in [3.8, 4) is 0 Å². The van der Waals surface area contributed by atoms with Crippen molar-refractivity contribution in [1.29, 1.82) is 0 Å². The van der Waals surface area contributed by atoms with E-state index in [0.717, 1.165) is 37.2 Å². The van der Waals surface area contributed by atoms with E-state index in [1.165, 1.54) is 0 Å². The SMILES string of the molecule is CCOC(=O)C1CCN(c2ccc(C=NNC(N)=S)cc2)CC1. The van der Waals surface area contributed by atoms with Gasteiger partial charge in [-0.1, -0.05) is 12.1 Å². The first kappa shape index (κ1) is 17.2. The maximum Gasteiger partial charge on any atom is 0.309 e. The first-order chi connectivity index (χ1) is 11.1. The summed E-state index contributed by atoms with van der Waals surface area (Å²) < 4.78 is 5.10. The Balaban J connectivity index is 1.87. The Hall–Kier alpha value is -2.15. The third-order valence-electron chi connectivity index (χ3n) is 3.76. The number of ether oxygens (including phenoxy) is 1. The van der Waals surface area contributed by atoms with Gasteiger partial charge >= 0.3 is 5.97 Å². The third-order valence-corrected chi connectivity index (χ3v) is 3.85. The van der Waals surface area contributed by atoms with Gasteiger partial charge in [0.05, 0.1) is 18.7 Å². The van der Waals surface area contributed by atoms with Crippen LogP contribution in [0.25, 0.3) is 0 Å². The fraction of sp³-hybridized carbons (Fsp3) is 0.438. The molecule has 0 atom stereocenters. The standard InChI is InChI=1S/C16H22N4O2S/c1-2-22-15(21)13-7-9-20(10-8-13)14-5-3-12(4-6-14)11-18-19-16(17)23/h3-6,11,13H,2,7-10H2,1H3,(H3,17,19,23). The summed E-state index contributed by atoms with van der Waals surface area (Å²) in [5.74, 6) is -0.0344. The summed E-state index contributed by atoms with van der Waals surface area (Å²) >= 11 is 4.67. The number of rotatable bonds is 5. The molecular formula is C16H22N4O2S. The lowest BCUT2D eigenvalue weighted by molar-refractivity contribution is -0.148. The third kappa shape index (κ3) is 5.21. The van der Waals surface area contributed by atoms with Crippen molar-refractivity contribution in [2.45, 2.75) is 19.8 Å². The highest BCUT2D eigenvalue weighted by Gasteiger charge is 2.25. The normalized spacial score (nSPS) is 15.6. The number of esters is 1. The van der Waals surface area contributed by atoms with Crippen molar-refractivity contribution in [3.05, 3.63) is 29.8 Å². The van der Waals surface area contributed by atoms with Gasteiger partial charge in [-0.25, -0.2) is 0 Å². The Kier molecular flexibility index (Phi) is 6.34. The van der Waals surface area contributed by atoms with E-state index in [-0.39, 0.29) is 17.0 Å².